The molecule has 0 atom stereocenters. The average Bonchev–Trinajstić information content (AvgIpc) is 3.03. The van der Waals surface area contributed by atoms with Crippen LogP contribution in [0.3, 0.4) is 0 Å². The fourth-order valence-corrected chi connectivity index (χ4v) is 2.73. The number of aromatic nitrogens is 2. The number of nitrogens with one attached hydrogen (secondary N) is 1. The molecule has 2 aromatic carbocycles. The highest BCUT2D eigenvalue weighted by Gasteiger charge is 2.07. The third-order valence-corrected chi connectivity index (χ3v) is 4.08. The molecule has 0 spiro atoms. The van der Waals surface area contributed by atoms with Crippen molar-refractivity contribution in [1.29, 1.82) is 0 Å². The Bertz CT molecular complexity index is 876. The number of rotatable bonds is 6. The van der Waals surface area contributed by atoms with Crippen LogP contribution in [0.15, 0.2) is 65.3 Å². The monoisotopic (exact) mass is 399 g/mol. The van der Waals surface area contributed by atoms with Gasteiger partial charge in [-0.15, -0.1) is 0 Å². The summed E-state index contributed by atoms with van der Waals surface area (Å²) in [5.41, 5.74) is 2.36. The van der Waals surface area contributed by atoms with Crippen molar-refractivity contribution in [2.75, 3.05) is 0 Å². The van der Waals surface area contributed by atoms with Gasteiger partial charge in [-0.05, 0) is 42.0 Å². The van der Waals surface area contributed by atoms with Crippen molar-refractivity contribution in [3.8, 4) is 5.75 Å². The SMILES string of the molecule is Cn1ccc(CNC(=O)c2cccc(COc3cccc(Br)c3)c2)n1. The number of halogens is 1. The highest BCUT2D eigenvalue weighted by atomic mass is 79.9. The Labute approximate surface area is 154 Å². The summed E-state index contributed by atoms with van der Waals surface area (Å²) < 4.78 is 8.44. The number of ether oxygens (including phenoxy) is 1. The summed E-state index contributed by atoms with van der Waals surface area (Å²) in [4.78, 5) is 12.3. The Morgan fingerprint density at radius 1 is 1.20 bits per heavy atom. The van der Waals surface area contributed by atoms with Crippen molar-refractivity contribution in [3.05, 3.63) is 82.1 Å². The Morgan fingerprint density at radius 3 is 2.80 bits per heavy atom. The molecule has 3 aromatic rings. The predicted octanol–water partition coefficient (Wildman–Crippen LogP) is 3.69. The van der Waals surface area contributed by atoms with Crippen molar-refractivity contribution in [1.82, 2.24) is 15.1 Å². The van der Waals surface area contributed by atoms with E-state index in [0.29, 0.717) is 18.7 Å². The van der Waals surface area contributed by atoms with Crippen molar-refractivity contribution in [3.63, 3.8) is 0 Å². The quantitative estimate of drug-likeness (QED) is 0.687. The maximum atomic E-state index is 12.3. The van der Waals surface area contributed by atoms with Gasteiger partial charge in [0.1, 0.15) is 12.4 Å². The summed E-state index contributed by atoms with van der Waals surface area (Å²) in [6, 6.07) is 17.0. The van der Waals surface area contributed by atoms with Crippen LogP contribution in [-0.2, 0) is 20.2 Å². The zero-order valence-corrected chi connectivity index (χ0v) is 15.4. The van der Waals surface area contributed by atoms with E-state index in [4.69, 9.17) is 4.74 Å². The molecule has 6 heteroatoms. The number of hydrogen-bond donors (Lipinski definition) is 1. The molecule has 0 aliphatic rings. The second-order valence-electron chi connectivity index (χ2n) is 5.61. The predicted molar refractivity (Wildman–Crippen MR) is 99.3 cm³/mol. The van der Waals surface area contributed by atoms with Crippen LogP contribution in [0.4, 0.5) is 0 Å². The van der Waals surface area contributed by atoms with Crippen LogP contribution in [0, 0.1) is 0 Å². The Morgan fingerprint density at radius 2 is 2.04 bits per heavy atom. The molecule has 3 rings (SSSR count). The summed E-state index contributed by atoms with van der Waals surface area (Å²) in [6.07, 6.45) is 1.85. The van der Waals surface area contributed by atoms with E-state index < -0.39 is 0 Å². The number of benzene rings is 2. The first-order valence-corrected chi connectivity index (χ1v) is 8.63. The van der Waals surface area contributed by atoms with Gasteiger partial charge in [-0.3, -0.25) is 9.48 Å². The van der Waals surface area contributed by atoms with Crippen LogP contribution < -0.4 is 10.1 Å². The molecule has 0 saturated carbocycles. The van der Waals surface area contributed by atoms with E-state index in [2.05, 4.69) is 26.3 Å². The zero-order valence-electron chi connectivity index (χ0n) is 13.8. The fourth-order valence-electron chi connectivity index (χ4n) is 2.36. The van der Waals surface area contributed by atoms with E-state index in [9.17, 15) is 4.79 Å². The molecule has 1 heterocycles. The lowest BCUT2D eigenvalue weighted by atomic mass is 10.1. The molecule has 0 unspecified atom stereocenters. The molecule has 0 saturated heterocycles. The van der Waals surface area contributed by atoms with Gasteiger partial charge in [0, 0.05) is 23.3 Å². The van der Waals surface area contributed by atoms with Gasteiger partial charge in [0.15, 0.2) is 0 Å². The molecular formula is C19H18BrN3O2. The van der Waals surface area contributed by atoms with Gasteiger partial charge in [-0.2, -0.15) is 5.10 Å². The number of aryl methyl sites for hydroxylation is 1. The third kappa shape index (κ3) is 4.93. The van der Waals surface area contributed by atoms with Crippen LogP contribution in [-0.4, -0.2) is 15.7 Å². The van der Waals surface area contributed by atoms with Crippen molar-refractivity contribution in [2.24, 2.45) is 7.05 Å². The van der Waals surface area contributed by atoms with Crippen molar-refractivity contribution in [2.45, 2.75) is 13.2 Å². The van der Waals surface area contributed by atoms with Gasteiger partial charge in [0.25, 0.3) is 5.91 Å². The van der Waals surface area contributed by atoms with Crippen LogP contribution >= 0.6 is 15.9 Å². The van der Waals surface area contributed by atoms with Crippen LogP contribution in [0.1, 0.15) is 21.6 Å². The first-order valence-electron chi connectivity index (χ1n) is 7.84. The Hall–Kier alpha value is -2.60. The number of carbonyl (C=O) groups is 1. The van der Waals surface area contributed by atoms with Crippen LogP contribution in [0.25, 0.3) is 0 Å². The molecule has 0 aliphatic heterocycles. The molecular weight excluding hydrogens is 382 g/mol. The summed E-state index contributed by atoms with van der Waals surface area (Å²) in [7, 11) is 1.85. The first kappa shape index (κ1) is 17.2. The molecule has 25 heavy (non-hydrogen) atoms. The molecule has 5 nitrogen and oxygen atoms in total. The minimum absolute atomic E-state index is 0.130. The summed E-state index contributed by atoms with van der Waals surface area (Å²) in [6.45, 7) is 0.802. The lowest BCUT2D eigenvalue weighted by molar-refractivity contribution is 0.0950. The van der Waals surface area contributed by atoms with E-state index in [1.165, 1.54) is 0 Å². The summed E-state index contributed by atoms with van der Waals surface area (Å²) >= 11 is 3.42. The average molecular weight is 400 g/mol. The van der Waals surface area contributed by atoms with Crippen LogP contribution in [0.5, 0.6) is 5.75 Å². The van der Waals surface area contributed by atoms with E-state index in [1.54, 1.807) is 10.7 Å². The number of nitrogens with zero attached hydrogens (tertiary/aromatic N) is 2. The van der Waals surface area contributed by atoms with Gasteiger partial charge < -0.3 is 10.1 Å². The topological polar surface area (TPSA) is 56.2 Å². The molecule has 1 amide bonds. The van der Waals surface area contributed by atoms with E-state index in [-0.39, 0.29) is 5.91 Å². The minimum Gasteiger partial charge on any atom is -0.489 e. The largest absolute Gasteiger partial charge is 0.489 e. The summed E-state index contributed by atoms with van der Waals surface area (Å²) in [5, 5.41) is 7.12. The van der Waals surface area contributed by atoms with Gasteiger partial charge in [-0.1, -0.05) is 34.1 Å². The number of amides is 1. The number of hydrogen-bond acceptors (Lipinski definition) is 3. The van der Waals surface area contributed by atoms with Gasteiger partial charge in [0.05, 0.1) is 12.2 Å². The minimum atomic E-state index is -0.130. The molecule has 128 valence electrons. The van der Waals surface area contributed by atoms with E-state index in [1.807, 2.05) is 61.8 Å². The molecule has 0 bridgehead atoms. The molecule has 0 radical (unpaired) electrons. The Kier molecular flexibility index (Phi) is 5.50. The highest BCUT2D eigenvalue weighted by Crippen LogP contribution is 2.19. The second kappa shape index (κ2) is 7.98. The molecule has 1 aromatic heterocycles. The summed E-state index contributed by atoms with van der Waals surface area (Å²) in [5.74, 6) is 0.648. The fraction of sp³-hybridized carbons (Fsp3) is 0.158. The Balaban J connectivity index is 1.59. The normalized spacial score (nSPS) is 10.5. The van der Waals surface area contributed by atoms with Crippen molar-refractivity contribution >= 4 is 21.8 Å². The second-order valence-corrected chi connectivity index (χ2v) is 6.53. The van der Waals surface area contributed by atoms with E-state index in [0.717, 1.165) is 21.5 Å². The molecule has 0 aliphatic carbocycles. The maximum absolute atomic E-state index is 12.3. The lowest BCUT2D eigenvalue weighted by Gasteiger charge is -2.08. The standard InChI is InChI=1S/C19H18BrN3O2/c1-23-9-8-17(22-23)12-21-19(24)15-5-2-4-14(10-15)13-25-18-7-3-6-16(20)11-18/h2-11H,12-13H2,1H3,(H,21,24). The first-order chi connectivity index (χ1) is 12.1. The lowest BCUT2D eigenvalue weighted by Crippen LogP contribution is -2.23. The van der Waals surface area contributed by atoms with E-state index >= 15 is 0 Å². The van der Waals surface area contributed by atoms with Crippen molar-refractivity contribution < 1.29 is 9.53 Å². The smallest absolute Gasteiger partial charge is 0.251 e. The van der Waals surface area contributed by atoms with Crippen LogP contribution in [0.2, 0.25) is 0 Å². The molecule has 0 fully saturated rings. The maximum Gasteiger partial charge on any atom is 0.251 e. The molecule has 1 N–H and O–H groups in total. The highest BCUT2D eigenvalue weighted by molar-refractivity contribution is 9.10. The van der Waals surface area contributed by atoms with Gasteiger partial charge in [-0.25, -0.2) is 0 Å². The zero-order chi connectivity index (χ0) is 17.6. The van der Waals surface area contributed by atoms with Gasteiger partial charge >= 0.3 is 0 Å². The van der Waals surface area contributed by atoms with Gasteiger partial charge in [0.2, 0.25) is 0 Å². The third-order valence-electron chi connectivity index (χ3n) is 3.59. The number of carbonyl (C=O) groups excluding carboxylic acids is 1.